The summed E-state index contributed by atoms with van der Waals surface area (Å²) in [6.07, 6.45) is 1.97. The van der Waals surface area contributed by atoms with E-state index in [0.717, 1.165) is 22.2 Å². The number of nitrogen functional groups attached to an aromatic ring is 1. The predicted octanol–water partition coefficient (Wildman–Crippen LogP) is 2.60. The van der Waals surface area contributed by atoms with Gasteiger partial charge in [0.1, 0.15) is 0 Å². The Kier molecular flexibility index (Phi) is 2.90. The molecule has 0 bridgehead atoms. The molecule has 2 heterocycles. The average molecular weight is 256 g/mol. The van der Waals surface area contributed by atoms with Gasteiger partial charge in [0.25, 0.3) is 0 Å². The summed E-state index contributed by atoms with van der Waals surface area (Å²) in [5.74, 6) is 0.834. The summed E-state index contributed by atoms with van der Waals surface area (Å²) in [6, 6.07) is 13.8. The van der Waals surface area contributed by atoms with Gasteiger partial charge in [-0.2, -0.15) is 0 Å². The molecule has 0 spiro atoms. The van der Waals surface area contributed by atoms with E-state index in [1.807, 2.05) is 47.0 Å². The van der Waals surface area contributed by atoms with Gasteiger partial charge in [-0.05, 0) is 29.8 Å². The number of thioether (sulfide) groups is 1. The highest BCUT2D eigenvalue weighted by atomic mass is 32.2. The molecule has 2 aromatic heterocycles. The molecule has 0 aliphatic heterocycles. The molecule has 3 rings (SSSR count). The average Bonchev–Trinajstić information content (AvgIpc) is 2.80. The van der Waals surface area contributed by atoms with E-state index in [4.69, 9.17) is 5.73 Å². The minimum Gasteiger partial charge on any atom is -0.399 e. The van der Waals surface area contributed by atoms with Crippen molar-refractivity contribution >= 4 is 23.1 Å². The molecule has 2 N–H and O–H groups in total. The van der Waals surface area contributed by atoms with Gasteiger partial charge in [-0.3, -0.25) is 4.40 Å². The van der Waals surface area contributed by atoms with E-state index in [9.17, 15) is 0 Å². The maximum absolute atomic E-state index is 5.76. The molecule has 90 valence electrons. The number of nitrogens with two attached hydrogens (primary N) is 1. The highest BCUT2D eigenvalue weighted by Crippen LogP contribution is 2.22. The monoisotopic (exact) mass is 256 g/mol. The first kappa shape index (κ1) is 11.1. The maximum atomic E-state index is 5.76. The quantitative estimate of drug-likeness (QED) is 0.578. The van der Waals surface area contributed by atoms with Gasteiger partial charge < -0.3 is 5.73 Å². The van der Waals surface area contributed by atoms with Crippen LogP contribution in [0.5, 0.6) is 0 Å². The molecular weight excluding hydrogens is 244 g/mol. The van der Waals surface area contributed by atoms with E-state index in [0.29, 0.717) is 0 Å². The Morgan fingerprint density at radius 1 is 1.11 bits per heavy atom. The number of pyridine rings is 1. The molecule has 0 radical (unpaired) electrons. The van der Waals surface area contributed by atoms with Crippen molar-refractivity contribution in [2.24, 2.45) is 0 Å². The molecule has 5 heteroatoms. The highest BCUT2D eigenvalue weighted by Gasteiger charge is 2.05. The molecule has 0 aliphatic carbocycles. The Labute approximate surface area is 109 Å². The van der Waals surface area contributed by atoms with Crippen molar-refractivity contribution in [2.45, 2.75) is 10.9 Å². The van der Waals surface area contributed by atoms with E-state index >= 15 is 0 Å². The summed E-state index contributed by atoms with van der Waals surface area (Å²) in [5.41, 5.74) is 8.60. The lowest BCUT2D eigenvalue weighted by molar-refractivity contribution is 0.921. The molecule has 4 nitrogen and oxygen atoms in total. The van der Waals surface area contributed by atoms with Crippen molar-refractivity contribution in [2.75, 3.05) is 5.73 Å². The molecule has 3 aromatic rings. The van der Waals surface area contributed by atoms with Crippen LogP contribution in [-0.4, -0.2) is 14.6 Å². The second-order valence-corrected chi connectivity index (χ2v) is 4.89. The number of rotatable bonds is 3. The lowest BCUT2D eigenvalue weighted by Crippen LogP contribution is -1.89. The van der Waals surface area contributed by atoms with Crippen molar-refractivity contribution < 1.29 is 0 Å². The van der Waals surface area contributed by atoms with Gasteiger partial charge in [0, 0.05) is 17.6 Å². The third kappa shape index (κ3) is 2.17. The summed E-state index contributed by atoms with van der Waals surface area (Å²) in [5, 5.41) is 9.19. The SMILES string of the molecule is Nc1cccc(CSc2nnc3ccccn23)c1. The Hall–Kier alpha value is -2.01. The zero-order valence-corrected chi connectivity index (χ0v) is 10.5. The fourth-order valence-corrected chi connectivity index (χ4v) is 2.62. The summed E-state index contributed by atoms with van der Waals surface area (Å²) in [4.78, 5) is 0. The van der Waals surface area contributed by atoms with Crippen molar-refractivity contribution in [3.8, 4) is 0 Å². The second kappa shape index (κ2) is 4.70. The minimum absolute atomic E-state index is 0.791. The number of aromatic nitrogens is 3. The molecule has 0 saturated carbocycles. The largest absolute Gasteiger partial charge is 0.399 e. The van der Waals surface area contributed by atoms with Gasteiger partial charge in [-0.1, -0.05) is 30.0 Å². The molecule has 18 heavy (non-hydrogen) atoms. The molecular formula is C13H12N4S. The van der Waals surface area contributed by atoms with Crippen LogP contribution < -0.4 is 5.73 Å². The molecule has 0 saturated heterocycles. The van der Waals surface area contributed by atoms with Crippen LogP contribution in [0.25, 0.3) is 5.65 Å². The van der Waals surface area contributed by atoms with Crippen LogP contribution in [0, 0.1) is 0 Å². The van der Waals surface area contributed by atoms with Crippen molar-refractivity contribution in [1.29, 1.82) is 0 Å². The van der Waals surface area contributed by atoms with Gasteiger partial charge in [0.05, 0.1) is 0 Å². The number of benzene rings is 1. The number of anilines is 1. The van der Waals surface area contributed by atoms with Crippen LogP contribution >= 0.6 is 11.8 Å². The van der Waals surface area contributed by atoms with Crippen molar-refractivity contribution in [3.05, 3.63) is 54.2 Å². The zero-order valence-electron chi connectivity index (χ0n) is 9.65. The van der Waals surface area contributed by atoms with Crippen LogP contribution in [-0.2, 0) is 5.75 Å². The van der Waals surface area contributed by atoms with Gasteiger partial charge in [-0.15, -0.1) is 10.2 Å². The maximum Gasteiger partial charge on any atom is 0.195 e. The van der Waals surface area contributed by atoms with Gasteiger partial charge in [0.15, 0.2) is 10.8 Å². The van der Waals surface area contributed by atoms with Crippen molar-refractivity contribution in [3.63, 3.8) is 0 Å². The fourth-order valence-electron chi connectivity index (χ4n) is 1.75. The minimum atomic E-state index is 0.791. The van der Waals surface area contributed by atoms with E-state index in [1.165, 1.54) is 5.56 Å². The van der Waals surface area contributed by atoms with E-state index in [2.05, 4.69) is 16.3 Å². The van der Waals surface area contributed by atoms with E-state index < -0.39 is 0 Å². The summed E-state index contributed by atoms with van der Waals surface area (Å²) < 4.78 is 1.98. The first-order valence-corrected chi connectivity index (χ1v) is 6.58. The molecule has 1 aromatic carbocycles. The topological polar surface area (TPSA) is 56.2 Å². The van der Waals surface area contributed by atoms with Crippen molar-refractivity contribution in [1.82, 2.24) is 14.6 Å². The smallest absolute Gasteiger partial charge is 0.195 e. The molecule has 0 unspecified atom stereocenters. The number of hydrogen-bond donors (Lipinski definition) is 1. The zero-order chi connectivity index (χ0) is 12.4. The summed E-state index contributed by atoms with van der Waals surface area (Å²) >= 11 is 1.65. The normalized spacial score (nSPS) is 10.9. The van der Waals surface area contributed by atoms with Crippen LogP contribution in [0.4, 0.5) is 5.69 Å². The van der Waals surface area contributed by atoms with Gasteiger partial charge in [0.2, 0.25) is 0 Å². The lowest BCUT2D eigenvalue weighted by Gasteiger charge is -2.01. The Balaban J connectivity index is 1.81. The van der Waals surface area contributed by atoms with Crippen LogP contribution in [0.2, 0.25) is 0 Å². The number of hydrogen-bond acceptors (Lipinski definition) is 4. The fraction of sp³-hybridized carbons (Fsp3) is 0.0769. The molecule has 0 aliphatic rings. The van der Waals surface area contributed by atoms with Crippen LogP contribution in [0.15, 0.2) is 53.8 Å². The highest BCUT2D eigenvalue weighted by molar-refractivity contribution is 7.98. The number of fused-ring (bicyclic) bond motifs is 1. The lowest BCUT2D eigenvalue weighted by atomic mass is 10.2. The third-order valence-corrected chi connectivity index (χ3v) is 3.62. The first-order valence-electron chi connectivity index (χ1n) is 5.60. The summed E-state index contributed by atoms with van der Waals surface area (Å²) in [7, 11) is 0. The third-order valence-electron chi connectivity index (χ3n) is 2.60. The summed E-state index contributed by atoms with van der Waals surface area (Å²) in [6.45, 7) is 0. The number of nitrogens with zero attached hydrogens (tertiary/aromatic N) is 3. The van der Waals surface area contributed by atoms with E-state index in [1.54, 1.807) is 11.8 Å². The standard InChI is InChI=1S/C13H12N4S/c14-11-5-3-4-10(8-11)9-18-13-16-15-12-6-1-2-7-17(12)13/h1-8H,9,14H2. The molecule has 0 atom stereocenters. The Morgan fingerprint density at radius 2 is 2.06 bits per heavy atom. The first-order chi connectivity index (χ1) is 8.83. The van der Waals surface area contributed by atoms with E-state index in [-0.39, 0.29) is 0 Å². The van der Waals surface area contributed by atoms with Gasteiger partial charge >= 0.3 is 0 Å². The van der Waals surface area contributed by atoms with Gasteiger partial charge in [-0.25, -0.2) is 0 Å². The molecule has 0 fully saturated rings. The second-order valence-electron chi connectivity index (χ2n) is 3.95. The van der Waals surface area contributed by atoms with Crippen LogP contribution in [0.1, 0.15) is 5.56 Å². The Bertz CT molecular complexity index is 677. The molecule has 0 amide bonds. The Morgan fingerprint density at radius 3 is 2.94 bits per heavy atom. The van der Waals surface area contributed by atoms with Crippen LogP contribution in [0.3, 0.4) is 0 Å². The predicted molar refractivity (Wildman–Crippen MR) is 73.4 cm³/mol.